The van der Waals surface area contributed by atoms with Gasteiger partial charge in [0.2, 0.25) is 0 Å². The Kier molecular flexibility index (Phi) is 3.59. The Balaban J connectivity index is 1.71. The maximum atomic E-state index is 9.12. The van der Waals surface area contributed by atoms with Crippen LogP contribution in [0.1, 0.15) is 11.1 Å². The predicted molar refractivity (Wildman–Crippen MR) is 94.8 cm³/mol. The highest BCUT2D eigenvalue weighted by Gasteiger charge is 2.11. The number of aromatic amines is 2. The lowest BCUT2D eigenvalue weighted by Crippen LogP contribution is -1.83. The molecule has 120 valence electrons. The summed E-state index contributed by atoms with van der Waals surface area (Å²) >= 11 is 6.16. The number of rotatable bonds is 3. The standard InChI is InChI=1S/C18H15ClN4O/c1-10-6-15-16(7-13(10)19)21-18(20-15)17-8-14(22-23-17)12-4-2-11(9-24)3-5-12/h2-8,24H,9H2,1H3,(H,20,21)(H,22,23). The number of nitrogens with one attached hydrogen (secondary N) is 2. The van der Waals surface area contributed by atoms with E-state index in [-0.39, 0.29) is 6.61 Å². The van der Waals surface area contributed by atoms with Gasteiger partial charge in [-0.05, 0) is 36.2 Å². The van der Waals surface area contributed by atoms with Crippen molar-refractivity contribution in [1.29, 1.82) is 0 Å². The fourth-order valence-electron chi connectivity index (χ4n) is 2.64. The van der Waals surface area contributed by atoms with Gasteiger partial charge >= 0.3 is 0 Å². The molecule has 4 aromatic rings. The summed E-state index contributed by atoms with van der Waals surface area (Å²) in [6.45, 7) is 2.00. The van der Waals surface area contributed by atoms with Crippen LogP contribution in [0.15, 0.2) is 42.5 Å². The maximum absolute atomic E-state index is 9.12. The van der Waals surface area contributed by atoms with Crippen LogP contribution in [0.2, 0.25) is 5.02 Å². The van der Waals surface area contributed by atoms with Crippen LogP contribution in [0.5, 0.6) is 0 Å². The molecule has 0 saturated carbocycles. The van der Waals surface area contributed by atoms with Gasteiger partial charge in [-0.25, -0.2) is 4.98 Å². The molecule has 0 radical (unpaired) electrons. The average Bonchev–Trinajstić information content (AvgIpc) is 3.22. The van der Waals surface area contributed by atoms with Crippen LogP contribution in [0.3, 0.4) is 0 Å². The minimum absolute atomic E-state index is 0.0348. The summed E-state index contributed by atoms with van der Waals surface area (Å²) < 4.78 is 0. The number of imidazole rings is 1. The van der Waals surface area contributed by atoms with Gasteiger partial charge < -0.3 is 10.1 Å². The van der Waals surface area contributed by atoms with Crippen molar-refractivity contribution in [3.05, 3.63) is 58.6 Å². The van der Waals surface area contributed by atoms with Gasteiger partial charge in [-0.1, -0.05) is 35.9 Å². The normalized spacial score (nSPS) is 11.3. The van der Waals surface area contributed by atoms with Crippen LogP contribution in [-0.4, -0.2) is 25.3 Å². The van der Waals surface area contributed by atoms with E-state index in [1.54, 1.807) is 0 Å². The second-order valence-electron chi connectivity index (χ2n) is 5.73. The summed E-state index contributed by atoms with van der Waals surface area (Å²) in [5.74, 6) is 0.720. The predicted octanol–water partition coefficient (Wildman–Crippen LogP) is 4.07. The number of aliphatic hydroxyl groups is 1. The lowest BCUT2D eigenvalue weighted by atomic mass is 10.1. The Morgan fingerprint density at radius 3 is 2.67 bits per heavy atom. The third-order valence-electron chi connectivity index (χ3n) is 4.03. The lowest BCUT2D eigenvalue weighted by molar-refractivity contribution is 0.282. The van der Waals surface area contributed by atoms with Crippen LogP contribution < -0.4 is 0 Å². The van der Waals surface area contributed by atoms with Crippen LogP contribution in [0, 0.1) is 6.92 Å². The van der Waals surface area contributed by atoms with Gasteiger partial charge in [0.1, 0.15) is 5.69 Å². The second kappa shape index (κ2) is 5.78. The van der Waals surface area contributed by atoms with Crippen molar-refractivity contribution in [2.75, 3.05) is 0 Å². The molecule has 3 N–H and O–H groups in total. The highest BCUT2D eigenvalue weighted by Crippen LogP contribution is 2.27. The van der Waals surface area contributed by atoms with E-state index >= 15 is 0 Å². The Morgan fingerprint density at radius 1 is 1.12 bits per heavy atom. The van der Waals surface area contributed by atoms with Crippen LogP contribution in [0.25, 0.3) is 33.8 Å². The fourth-order valence-corrected chi connectivity index (χ4v) is 2.80. The molecule has 5 nitrogen and oxygen atoms in total. The SMILES string of the molecule is Cc1cc2[nH]c(-c3cc(-c4ccc(CO)cc4)n[nH]3)nc2cc1Cl. The summed E-state index contributed by atoms with van der Waals surface area (Å²) in [4.78, 5) is 7.86. The first-order chi connectivity index (χ1) is 11.6. The number of aliphatic hydroxyl groups excluding tert-OH is 1. The van der Waals surface area contributed by atoms with Gasteiger partial charge in [0.15, 0.2) is 5.82 Å². The summed E-state index contributed by atoms with van der Waals surface area (Å²) in [6, 6.07) is 13.4. The molecule has 0 spiro atoms. The number of hydrogen-bond acceptors (Lipinski definition) is 3. The summed E-state index contributed by atoms with van der Waals surface area (Å²) in [7, 11) is 0. The van der Waals surface area contributed by atoms with Gasteiger partial charge in [0.05, 0.1) is 23.3 Å². The third kappa shape index (κ3) is 2.58. The minimum atomic E-state index is 0.0348. The van der Waals surface area contributed by atoms with Gasteiger partial charge in [-0.15, -0.1) is 0 Å². The monoisotopic (exact) mass is 338 g/mol. The molecule has 6 heteroatoms. The first-order valence-electron chi connectivity index (χ1n) is 7.56. The number of aromatic nitrogens is 4. The summed E-state index contributed by atoms with van der Waals surface area (Å²) in [5.41, 5.74) is 6.25. The highest BCUT2D eigenvalue weighted by atomic mass is 35.5. The highest BCUT2D eigenvalue weighted by molar-refractivity contribution is 6.32. The smallest absolute Gasteiger partial charge is 0.156 e. The molecular formula is C18H15ClN4O. The number of aryl methyl sites for hydroxylation is 1. The van der Waals surface area contributed by atoms with E-state index in [9.17, 15) is 0 Å². The quantitative estimate of drug-likeness (QED) is 0.527. The molecule has 0 aliphatic heterocycles. The molecule has 0 aliphatic rings. The van der Waals surface area contributed by atoms with E-state index < -0.39 is 0 Å². The van der Waals surface area contributed by atoms with Crippen LogP contribution in [-0.2, 0) is 6.61 Å². The first kappa shape index (κ1) is 14.9. The van der Waals surface area contributed by atoms with Crippen molar-refractivity contribution >= 4 is 22.6 Å². The third-order valence-corrected chi connectivity index (χ3v) is 4.43. The molecule has 0 atom stereocenters. The van der Waals surface area contributed by atoms with Crippen molar-refractivity contribution in [1.82, 2.24) is 20.2 Å². The Bertz CT molecular complexity index is 978. The van der Waals surface area contributed by atoms with Gasteiger partial charge in [0, 0.05) is 10.6 Å². The molecule has 0 bridgehead atoms. The number of halogens is 1. The molecule has 0 fully saturated rings. The zero-order valence-electron chi connectivity index (χ0n) is 13.0. The van der Waals surface area contributed by atoms with E-state index in [0.29, 0.717) is 5.02 Å². The largest absolute Gasteiger partial charge is 0.392 e. The van der Waals surface area contributed by atoms with Gasteiger partial charge in [0.25, 0.3) is 0 Å². The summed E-state index contributed by atoms with van der Waals surface area (Å²) in [5, 5.41) is 17.2. The number of benzene rings is 2. The van der Waals surface area contributed by atoms with Crippen molar-refractivity contribution < 1.29 is 5.11 Å². The number of H-pyrrole nitrogens is 2. The van der Waals surface area contributed by atoms with Crippen LogP contribution >= 0.6 is 11.6 Å². The zero-order valence-corrected chi connectivity index (χ0v) is 13.7. The number of fused-ring (bicyclic) bond motifs is 1. The Hall–Kier alpha value is -2.63. The molecule has 0 amide bonds. The average molecular weight is 339 g/mol. The fraction of sp³-hybridized carbons (Fsp3) is 0.111. The molecule has 2 aromatic carbocycles. The van der Waals surface area contributed by atoms with E-state index in [1.807, 2.05) is 49.4 Å². The molecule has 24 heavy (non-hydrogen) atoms. The molecule has 4 rings (SSSR count). The van der Waals surface area contributed by atoms with E-state index in [2.05, 4.69) is 20.2 Å². The lowest BCUT2D eigenvalue weighted by Gasteiger charge is -1.98. The Morgan fingerprint density at radius 2 is 1.92 bits per heavy atom. The molecule has 0 saturated heterocycles. The number of nitrogens with zero attached hydrogens (tertiary/aromatic N) is 2. The molecular weight excluding hydrogens is 324 g/mol. The number of hydrogen-bond donors (Lipinski definition) is 3. The van der Waals surface area contributed by atoms with Crippen molar-refractivity contribution in [3.8, 4) is 22.8 Å². The molecule has 2 aromatic heterocycles. The molecule has 0 aliphatic carbocycles. The van der Waals surface area contributed by atoms with Crippen molar-refractivity contribution in [2.45, 2.75) is 13.5 Å². The topological polar surface area (TPSA) is 77.6 Å². The summed E-state index contributed by atoms with van der Waals surface area (Å²) in [6.07, 6.45) is 0. The van der Waals surface area contributed by atoms with Crippen molar-refractivity contribution in [2.24, 2.45) is 0 Å². The molecule has 0 unspecified atom stereocenters. The first-order valence-corrected chi connectivity index (χ1v) is 7.93. The second-order valence-corrected chi connectivity index (χ2v) is 6.13. The van der Waals surface area contributed by atoms with Gasteiger partial charge in [-0.3, -0.25) is 5.10 Å². The van der Waals surface area contributed by atoms with Crippen molar-refractivity contribution in [3.63, 3.8) is 0 Å². The van der Waals surface area contributed by atoms with E-state index in [4.69, 9.17) is 16.7 Å². The van der Waals surface area contributed by atoms with Gasteiger partial charge in [-0.2, -0.15) is 5.10 Å². The molecule has 2 heterocycles. The van der Waals surface area contributed by atoms with E-state index in [1.165, 1.54) is 0 Å². The Labute approximate surface area is 143 Å². The minimum Gasteiger partial charge on any atom is -0.392 e. The maximum Gasteiger partial charge on any atom is 0.156 e. The van der Waals surface area contributed by atoms with Crippen LogP contribution in [0.4, 0.5) is 0 Å². The zero-order chi connectivity index (χ0) is 16.7. The van der Waals surface area contributed by atoms with E-state index in [0.717, 1.165) is 44.9 Å².